The van der Waals surface area contributed by atoms with Gasteiger partial charge in [-0.05, 0) is 30.5 Å². The van der Waals surface area contributed by atoms with Crippen molar-refractivity contribution < 1.29 is 18.3 Å². The highest BCUT2D eigenvalue weighted by Crippen LogP contribution is 2.13. The highest BCUT2D eigenvalue weighted by molar-refractivity contribution is 7.88. The Morgan fingerprint density at radius 3 is 2.32 bits per heavy atom. The third-order valence-electron chi connectivity index (χ3n) is 2.91. The Balaban J connectivity index is 2.01. The van der Waals surface area contributed by atoms with Crippen LogP contribution in [0, 0.1) is 0 Å². The first-order valence-electron chi connectivity index (χ1n) is 5.93. The van der Waals surface area contributed by atoms with Gasteiger partial charge in [0.05, 0.1) is 11.3 Å². The number of hydrogen-bond donors (Lipinski definition) is 2. The minimum atomic E-state index is -3.39. The normalized spacial score (nSPS) is 15.8. The Kier molecular flexibility index (Phi) is 4.01. The van der Waals surface area contributed by atoms with Crippen LogP contribution in [-0.2, 0) is 15.8 Å². The Morgan fingerprint density at radius 2 is 1.79 bits per heavy atom. The predicted molar refractivity (Wildman–Crippen MR) is 71.3 cm³/mol. The summed E-state index contributed by atoms with van der Waals surface area (Å²) < 4.78 is 26.5. The molecule has 5 nitrogen and oxygen atoms in total. The quantitative estimate of drug-likeness (QED) is 0.802. The lowest BCUT2D eigenvalue weighted by Gasteiger charge is -2.12. The lowest BCUT2D eigenvalue weighted by molar-refractivity contribution is 0.0697. The largest absolute Gasteiger partial charge is 0.478 e. The molecule has 0 unspecified atom stereocenters. The molecule has 102 valence electrons. The second-order valence-corrected chi connectivity index (χ2v) is 6.27. The van der Waals surface area contributed by atoms with Crippen molar-refractivity contribution in [3.8, 4) is 0 Å². The second kappa shape index (κ2) is 5.54. The van der Waals surface area contributed by atoms with Gasteiger partial charge in [0.25, 0.3) is 0 Å². The minimum absolute atomic E-state index is 0.0525. The summed E-state index contributed by atoms with van der Waals surface area (Å²) in [5.41, 5.74) is 0.720. The summed E-state index contributed by atoms with van der Waals surface area (Å²) in [6, 6.07) is 5.81. The third kappa shape index (κ3) is 3.90. The Hall–Kier alpha value is -1.66. The summed E-state index contributed by atoms with van der Waals surface area (Å²) in [7, 11) is -3.39. The molecule has 2 rings (SSSR count). The highest BCUT2D eigenvalue weighted by Gasteiger charge is 2.19. The molecule has 0 heterocycles. The van der Waals surface area contributed by atoms with Gasteiger partial charge in [-0.15, -0.1) is 0 Å². The lowest BCUT2D eigenvalue weighted by Crippen LogP contribution is -2.33. The molecule has 0 aromatic heterocycles. The smallest absolute Gasteiger partial charge is 0.335 e. The lowest BCUT2D eigenvalue weighted by atomic mass is 10.1. The maximum Gasteiger partial charge on any atom is 0.335 e. The van der Waals surface area contributed by atoms with E-state index in [1.165, 1.54) is 24.3 Å². The molecule has 0 saturated heterocycles. The molecule has 6 heteroatoms. The number of rotatable bonds is 5. The number of carboxylic acid groups (broad SMARTS) is 1. The van der Waals surface area contributed by atoms with Crippen molar-refractivity contribution in [3.63, 3.8) is 0 Å². The molecule has 0 radical (unpaired) electrons. The predicted octanol–water partition coefficient (Wildman–Crippen LogP) is 1.52. The Morgan fingerprint density at radius 1 is 1.21 bits per heavy atom. The van der Waals surface area contributed by atoms with E-state index in [0.717, 1.165) is 12.8 Å². The van der Waals surface area contributed by atoms with Gasteiger partial charge in [0.1, 0.15) is 0 Å². The van der Waals surface area contributed by atoms with Gasteiger partial charge in [-0.2, -0.15) is 0 Å². The molecule has 0 bridgehead atoms. The first-order valence-corrected chi connectivity index (χ1v) is 7.59. The summed E-state index contributed by atoms with van der Waals surface area (Å²) in [4.78, 5) is 10.7. The topological polar surface area (TPSA) is 83.5 Å². The van der Waals surface area contributed by atoms with Crippen molar-refractivity contribution in [3.05, 3.63) is 47.5 Å². The van der Waals surface area contributed by atoms with Gasteiger partial charge in [-0.25, -0.2) is 17.9 Å². The van der Waals surface area contributed by atoms with Gasteiger partial charge in [0.2, 0.25) is 10.0 Å². The van der Waals surface area contributed by atoms with Crippen molar-refractivity contribution in [1.29, 1.82) is 0 Å². The van der Waals surface area contributed by atoms with Crippen LogP contribution in [0.5, 0.6) is 0 Å². The van der Waals surface area contributed by atoms with Crippen LogP contribution in [0.4, 0.5) is 0 Å². The molecule has 2 N–H and O–H groups in total. The second-order valence-electron chi connectivity index (χ2n) is 4.52. The van der Waals surface area contributed by atoms with Gasteiger partial charge < -0.3 is 5.11 Å². The maximum absolute atomic E-state index is 11.9. The average Bonchev–Trinajstić information content (AvgIpc) is 2.81. The molecule has 0 aliphatic heterocycles. The number of nitrogens with one attached hydrogen (secondary N) is 1. The van der Waals surface area contributed by atoms with E-state index in [9.17, 15) is 13.2 Å². The fraction of sp³-hybridized carbons (Fsp3) is 0.308. The molecule has 1 aliphatic rings. The van der Waals surface area contributed by atoms with Crippen molar-refractivity contribution in [1.82, 2.24) is 4.72 Å². The molecule has 19 heavy (non-hydrogen) atoms. The van der Waals surface area contributed by atoms with Crippen LogP contribution in [0.25, 0.3) is 0 Å². The van der Waals surface area contributed by atoms with Crippen molar-refractivity contribution in [2.24, 2.45) is 0 Å². The number of benzene rings is 1. The molecular weight excluding hydrogens is 266 g/mol. The summed E-state index contributed by atoms with van der Waals surface area (Å²) in [5.74, 6) is -1.16. The number of hydrogen-bond acceptors (Lipinski definition) is 3. The number of aromatic carboxylic acids is 1. The fourth-order valence-electron chi connectivity index (χ4n) is 1.97. The van der Waals surface area contributed by atoms with Crippen molar-refractivity contribution in [2.75, 3.05) is 0 Å². The van der Waals surface area contributed by atoms with E-state index in [-0.39, 0.29) is 17.4 Å². The SMILES string of the molecule is O=C(O)c1ccc(CS(=O)(=O)NC2CC=CC2)cc1. The van der Waals surface area contributed by atoms with E-state index in [1.807, 2.05) is 12.2 Å². The fourth-order valence-corrected chi connectivity index (χ4v) is 3.39. The van der Waals surface area contributed by atoms with E-state index in [0.29, 0.717) is 5.56 Å². The molecule has 1 aromatic rings. The van der Waals surface area contributed by atoms with Crippen LogP contribution in [-0.4, -0.2) is 25.5 Å². The zero-order valence-corrected chi connectivity index (χ0v) is 11.1. The van der Waals surface area contributed by atoms with Crippen LogP contribution in [0.3, 0.4) is 0 Å². The molecular formula is C13H15NO4S. The Bertz CT molecular complexity index is 582. The van der Waals surface area contributed by atoms with E-state index in [4.69, 9.17) is 5.11 Å². The van der Waals surface area contributed by atoms with Crippen molar-refractivity contribution >= 4 is 16.0 Å². The number of carboxylic acids is 1. The van der Waals surface area contributed by atoms with E-state index < -0.39 is 16.0 Å². The van der Waals surface area contributed by atoms with E-state index >= 15 is 0 Å². The van der Waals surface area contributed by atoms with Crippen molar-refractivity contribution in [2.45, 2.75) is 24.6 Å². The molecule has 0 spiro atoms. The van der Waals surface area contributed by atoms with Crippen LogP contribution in [0.15, 0.2) is 36.4 Å². The summed E-state index contributed by atoms with van der Waals surface area (Å²) in [6.45, 7) is 0. The number of carbonyl (C=O) groups is 1. The molecule has 0 saturated carbocycles. The van der Waals surface area contributed by atoms with E-state index in [2.05, 4.69) is 4.72 Å². The molecule has 1 aliphatic carbocycles. The monoisotopic (exact) mass is 281 g/mol. The standard InChI is InChI=1S/C13H15NO4S/c15-13(16)11-7-5-10(6-8-11)9-19(17,18)14-12-3-1-2-4-12/h1-2,5-8,12,14H,3-4,9H2,(H,15,16). The maximum atomic E-state index is 11.9. The molecule has 0 atom stereocenters. The van der Waals surface area contributed by atoms with E-state index in [1.54, 1.807) is 0 Å². The highest BCUT2D eigenvalue weighted by atomic mass is 32.2. The zero-order chi connectivity index (χ0) is 13.9. The van der Waals surface area contributed by atoms with Crippen LogP contribution in [0.1, 0.15) is 28.8 Å². The third-order valence-corrected chi connectivity index (χ3v) is 4.32. The van der Waals surface area contributed by atoms with Crippen LogP contribution >= 0.6 is 0 Å². The van der Waals surface area contributed by atoms with Gasteiger partial charge in [0, 0.05) is 6.04 Å². The summed E-state index contributed by atoms with van der Waals surface area (Å²) >= 11 is 0. The average molecular weight is 281 g/mol. The molecule has 0 amide bonds. The van der Waals surface area contributed by atoms with Gasteiger partial charge in [-0.1, -0.05) is 24.3 Å². The summed E-state index contributed by atoms with van der Waals surface area (Å²) in [5, 5.41) is 8.76. The van der Waals surface area contributed by atoms with Crippen LogP contribution in [0.2, 0.25) is 0 Å². The number of sulfonamides is 1. The zero-order valence-electron chi connectivity index (χ0n) is 10.2. The molecule has 0 fully saturated rings. The van der Waals surface area contributed by atoms with Gasteiger partial charge in [-0.3, -0.25) is 0 Å². The first-order chi connectivity index (χ1) is 8.96. The first kappa shape index (κ1) is 13.8. The van der Waals surface area contributed by atoms with Crippen LogP contribution < -0.4 is 4.72 Å². The minimum Gasteiger partial charge on any atom is -0.478 e. The Labute approximate surface area is 112 Å². The molecule has 1 aromatic carbocycles. The van der Waals surface area contributed by atoms with Gasteiger partial charge >= 0.3 is 5.97 Å². The summed E-state index contributed by atoms with van der Waals surface area (Å²) in [6.07, 6.45) is 5.35. The van der Waals surface area contributed by atoms with Gasteiger partial charge in [0.15, 0.2) is 0 Å².